The SMILES string of the molecule is Nc1ccn([C@@H]2O[C@H](COP(=O)(OCC(O)CO)OP(=O)(O)O)[C@@H](O)[C@H]2O)c(=O)n1. The van der Waals surface area contributed by atoms with E-state index in [1.165, 1.54) is 6.07 Å². The number of nitrogens with zero attached hydrogens (tertiary/aromatic N) is 2. The second-order valence-corrected chi connectivity index (χ2v) is 9.08. The number of aromatic nitrogens is 2. The summed E-state index contributed by atoms with van der Waals surface area (Å²) in [6.45, 7) is -2.57. The molecule has 0 bridgehead atoms. The first-order valence-corrected chi connectivity index (χ1v) is 11.2. The lowest BCUT2D eigenvalue weighted by Gasteiger charge is -2.21. The molecular weight excluding hydrogens is 456 g/mol. The molecule has 1 aliphatic heterocycles. The van der Waals surface area contributed by atoms with Gasteiger partial charge in [-0.05, 0) is 6.07 Å². The van der Waals surface area contributed by atoms with E-state index in [1.54, 1.807) is 0 Å². The second-order valence-electron chi connectivity index (χ2n) is 6.04. The predicted octanol–water partition coefficient (Wildman–Crippen LogP) is -2.95. The quantitative estimate of drug-likeness (QED) is 0.166. The van der Waals surface area contributed by atoms with Crippen LogP contribution < -0.4 is 11.4 Å². The van der Waals surface area contributed by atoms with Crippen LogP contribution in [0, 0.1) is 0 Å². The number of rotatable bonds is 10. The molecule has 0 spiro atoms. The van der Waals surface area contributed by atoms with Crippen LogP contribution in [0.15, 0.2) is 17.1 Å². The van der Waals surface area contributed by atoms with E-state index in [9.17, 15) is 29.2 Å². The molecule has 1 aromatic heterocycles. The lowest BCUT2D eigenvalue weighted by Crippen LogP contribution is -2.36. The third-order valence-corrected chi connectivity index (χ3v) is 6.28. The van der Waals surface area contributed by atoms with Gasteiger partial charge in [0.05, 0.1) is 19.8 Å². The molecule has 172 valence electrons. The summed E-state index contributed by atoms with van der Waals surface area (Å²) in [7, 11) is -10.4. The maximum Gasteiger partial charge on any atom is 0.483 e. The minimum absolute atomic E-state index is 0.0955. The van der Waals surface area contributed by atoms with E-state index in [4.69, 9.17) is 29.9 Å². The van der Waals surface area contributed by atoms with E-state index in [1.807, 2.05) is 0 Å². The summed E-state index contributed by atoms with van der Waals surface area (Å²) < 4.78 is 42.9. The molecule has 1 fully saturated rings. The molecule has 0 radical (unpaired) electrons. The van der Waals surface area contributed by atoms with Crippen LogP contribution in [0.1, 0.15) is 6.23 Å². The average Bonchev–Trinajstić information content (AvgIpc) is 2.91. The summed E-state index contributed by atoms with van der Waals surface area (Å²) in [5, 5.41) is 38.2. The van der Waals surface area contributed by atoms with Crippen LogP contribution in [0.5, 0.6) is 0 Å². The number of phosphoric acid groups is 2. The molecule has 18 heteroatoms. The van der Waals surface area contributed by atoms with E-state index in [0.717, 1.165) is 10.8 Å². The van der Waals surface area contributed by atoms with Crippen molar-refractivity contribution in [1.82, 2.24) is 9.55 Å². The summed E-state index contributed by atoms with van der Waals surface area (Å²) in [6, 6.07) is 1.23. The molecule has 0 saturated carbocycles. The van der Waals surface area contributed by atoms with E-state index >= 15 is 0 Å². The van der Waals surface area contributed by atoms with Crippen LogP contribution in [0.2, 0.25) is 0 Å². The third kappa shape index (κ3) is 6.62. The van der Waals surface area contributed by atoms with E-state index in [-0.39, 0.29) is 5.82 Å². The molecule has 16 nitrogen and oxygen atoms in total. The normalized spacial score (nSPS) is 27.7. The van der Waals surface area contributed by atoms with Crippen molar-refractivity contribution in [2.75, 3.05) is 25.6 Å². The lowest BCUT2D eigenvalue weighted by molar-refractivity contribution is -0.0561. The minimum atomic E-state index is -5.39. The fourth-order valence-corrected chi connectivity index (χ4v) is 4.50. The van der Waals surface area contributed by atoms with Gasteiger partial charge in [0.15, 0.2) is 6.23 Å². The Kier molecular flexibility index (Phi) is 8.26. The number of aliphatic hydroxyl groups is 4. The van der Waals surface area contributed by atoms with Gasteiger partial charge in [0, 0.05) is 6.20 Å². The molecule has 8 N–H and O–H groups in total. The van der Waals surface area contributed by atoms with Crippen LogP contribution >= 0.6 is 15.6 Å². The summed E-state index contributed by atoms with van der Waals surface area (Å²) >= 11 is 0. The monoisotopic (exact) mass is 477 g/mol. The maximum absolute atomic E-state index is 12.4. The standard InChI is InChI=1S/C12H21N3O13P2/c13-8-1-2-15(12(20)14-8)11-10(19)9(18)7(27-11)5-26-30(24,28-29(21,22)23)25-4-6(17)3-16/h1-2,6-7,9-11,16-19H,3-5H2,(H2,13,14,20)(H2,21,22,23)/t6?,7-,9-,10-,11-,30?/m1/s1. The summed E-state index contributed by atoms with van der Waals surface area (Å²) in [6.07, 6.45) is -6.66. The Balaban J connectivity index is 2.11. The van der Waals surface area contributed by atoms with Gasteiger partial charge in [-0.1, -0.05) is 0 Å². The third-order valence-electron chi connectivity index (χ3n) is 3.70. The molecule has 2 unspecified atom stereocenters. The van der Waals surface area contributed by atoms with Gasteiger partial charge < -0.3 is 40.7 Å². The zero-order chi connectivity index (χ0) is 22.7. The molecule has 2 heterocycles. The second kappa shape index (κ2) is 9.91. The van der Waals surface area contributed by atoms with Gasteiger partial charge in [0.25, 0.3) is 0 Å². The molecule has 1 saturated heterocycles. The number of aliphatic hydroxyl groups excluding tert-OH is 4. The van der Waals surface area contributed by atoms with Crippen molar-refractivity contribution >= 4 is 21.5 Å². The van der Waals surface area contributed by atoms with Crippen molar-refractivity contribution in [3.05, 3.63) is 22.7 Å². The smallest absolute Gasteiger partial charge is 0.394 e. The number of hydrogen-bond donors (Lipinski definition) is 7. The number of phosphoric ester groups is 1. The highest BCUT2D eigenvalue weighted by Crippen LogP contribution is 2.61. The van der Waals surface area contributed by atoms with Gasteiger partial charge >= 0.3 is 21.3 Å². The first-order valence-electron chi connectivity index (χ1n) is 8.16. The van der Waals surface area contributed by atoms with Gasteiger partial charge in [0.2, 0.25) is 0 Å². The van der Waals surface area contributed by atoms with Crippen LogP contribution in [-0.4, -0.2) is 84.0 Å². The Bertz CT molecular complexity index is 875. The molecule has 2 rings (SSSR count). The van der Waals surface area contributed by atoms with Gasteiger partial charge in [0.1, 0.15) is 30.2 Å². The molecule has 30 heavy (non-hydrogen) atoms. The highest BCUT2D eigenvalue weighted by Gasteiger charge is 2.46. The zero-order valence-electron chi connectivity index (χ0n) is 15.1. The van der Waals surface area contributed by atoms with Crippen molar-refractivity contribution < 1.29 is 57.4 Å². The van der Waals surface area contributed by atoms with Gasteiger partial charge in [-0.3, -0.25) is 13.6 Å². The number of hydrogen-bond acceptors (Lipinski definition) is 13. The molecule has 1 aromatic rings. The van der Waals surface area contributed by atoms with Crippen molar-refractivity contribution in [3.63, 3.8) is 0 Å². The highest BCUT2D eigenvalue weighted by atomic mass is 31.3. The Morgan fingerprint density at radius 1 is 1.27 bits per heavy atom. The van der Waals surface area contributed by atoms with Crippen molar-refractivity contribution in [1.29, 1.82) is 0 Å². The predicted molar refractivity (Wildman–Crippen MR) is 94.6 cm³/mol. The van der Waals surface area contributed by atoms with Crippen molar-refractivity contribution in [2.24, 2.45) is 0 Å². The van der Waals surface area contributed by atoms with Gasteiger partial charge in [-0.2, -0.15) is 9.29 Å². The minimum Gasteiger partial charge on any atom is -0.394 e. The van der Waals surface area contributed by atoms with E-state index in [0.29, 0.717) is 0 Å². The Hall–Kier alpha value is -1.26. The number of nitrogen functional groups attached to an aromatic ring is 1. The molecule has 6 atom stereocenters. The first kappa shape index (κ1) is 25.0. The lowest BCUT2D eigenvalue weighted by atomic mass is 10.1. The highest BCUT2D eigenvalue weighted by molar-refractivity contribution is 7.61. The summed E-state index contributed by atoms with van der Waals surface area (Å²) in [4.78, 5) is 33.1. The number of ether oxygens (including phenoxy) is 1. The summed E-state index contributed by atoms with van der Waals surface area (Å²) in [5.41, 5.74) is 4.47. The largest absolute Gasteiger partial charge is 0.483 e. The number of anilines is 1. The molecule has 0 aliphatic carbocycles. The molecule has 0 amide bonds. The Morgan fingerprint density at radius 2 is 1.93 bits per heavy atom. The fraction of sp³-hybridized carbons (Fsp3) is 0.667. The van der Waals surface area contributed by atoms with Crippen molar-refractivity contribution in [2.45, 2.75) is 30.6 Å². The Labute approximate surface area is 168 Å². The van der Waals surface area contributed by atoms with E-state index in [2.05, 4.69) is 13.8 Å². The Morgan fingerprint density at radius 3 is 2.50 bits per heavy atom. The molecule has 0 aromatic carbocycles. The average molecular weight is 477 g/mol. The molecule has 1 aliphatic rings. The van der Waals surface area contributed by atoms with Gasteiger partial charge in [-0.25, -0.2) is 13.9 Å². The van der Waals surface area contributed by atoms with Gasteiger partial charge in [-0.15, -0.1) is 0 Å². The number of nitrogens with two attached hydrogens (primary N) is 1. The zero-order valence-corrected chi connectivity index (χ0v) is 16.9. The first-order chi connectivity index (χ1) is 13.8. The topological polar surface area (TPSA) is 253 Å². The van der Waals surface area contributed by atoms with Crippen LogP contribution in [0.3, 0.4) is 0 Å². The summed E-state index contributed by atoms with van der Waals surface area (Å²) in [5.74, 6) is -0.0955. The van der Waals surface area contributed by atoms with E-state index < -0.39 is 71.8 Å². The fourth-order valence-electron chi connectivity index (χ4n) is 2.33. The molecular formula is C12H21N3O13P2. The van der Waals surface area contributed by atoms with Crippen LogP contribution in [0.4, 0.5) is 5.82 Å². The maximum atomic E-state index is 12.4. The van der Waals surface area contributed by atoms with Crippen LogP contribution in [-0.2, 0) is 27.2 Å². The van der Waals surface area contributed by atoms with Crippen LogP contribution in [0.25, 0.3) is 0 Å². The van der Waals surface area contributed by atoms with Crippen molar-refractivity contribution in [3.8, 4) is 0 Å².